The molecule has 2 amide bonds. The van der Waals surface area contributed by atoms with Crippen LogP contribution in [0.3, 0.4) is 0 Å². The number of carbonyl (C=O) groups is 2. The zero-order valence-electron chi connectivity index (χ0n) is 19.2. The van der Waals surface area contributed by atoms with Crippen LogP contribution in [-0.4, -0.2) is 45.6 Å². The van der Waals surface area contributed by atoms with Gasteiger partial charge in [0.05, 0.1) is 5.56 Å². The number of benzene rings is 1. The molecule has 1 fully saturated rings. The molecule has 0 atom stereocenters. The van der Waals surface area contributed by atoms with Gasteiger partial charge in [0.15, 0.2) is 5.01 Å². The van der Waals surface area contributed by atoms with Crippen LogP contribution in [0.25, 0.3) is 11.1 Å². The SMILES string of the molecule is CN(C)C(=O)Cn1cc(-c2cc(C(F)F)ccc2Cl)c(C(=O)Nc2nnc(C#CC3CC3)s2)cc1=O. The summed E-state index contributed by atoms with van der Waals surface area (Å²) in [5.41, 5.74) is -0.856. The van der Waals surface area contributed by atoms with E-state index in [1.807, 2.05) is 0 Å². The van der Waals surface area contributed by atoms with Crippen molar-refractivity contribution in [3.8, 4) is 23.0 Å². The number of anilines is 1. The van der Waals surface area contributed by atoms with Crippen LogP contribution in [0.15, 0.2) is 35.3 Å². The second-order valence-electron chi connectivity index (χ2n) is 8.31. The average molecular weight is 532 g/mol. The second kappa shape index (κ2) is 10.6. The van der Waals surface area contributed by atoms with Gasteiger partial charge in [-0.2, -0.15) is 0 Å². The van der Waals surface area contributed by atoms with Gasteiger partial charge in [0.25, 0.3) is 17.9 Å². The molecule has 0 radical (unpaired) electrons. The minimum Gasteiger partial charge on any atom is -0.347 e. The molecule has 0 unspecified atom stereocenters. The van der Waals surface area contributed by atoms with Crippen molar-refractivity contribution in [3.05, 3.63) is 62.0 Å². The third kappa shape index (κ3) is 5.95. The Morgan fingerprint density at radius 2 is 2.00 bits per heavy atom. The predicted molar refractivity (Wildman–Crippen MR) is 132 cm³/mol. The maximum atomic E-state index is 13.4. The maximum absolute atomic E-state index is 13.4. The van der Waals surface area contributed by atoms with Crippen molar-refractivity contribution in [1.82, 2.24) is 19.7 Å². The minimum atomic E-state index is -2.78. The lowest BCUT2D eigenvalue weighted by Crippen LogP contribution is -2.32. The molecule has 8 nitrogen and oxygen atoms in total. The fourth-order valence-corrected chi connectivity index (χ4v) is 3.97. The van der Waals surface area contributed by atoms with Crippen LogP contribution in [0.5, 0.6) is 0 Å². The number of nitrogens with zero attached hydrogens (tertiary/aromatic N) is 4. The molecule has 12 heteroatoms. The van der Waals surface area contributed by atoms with Gasteiger partial charge in [0, 0.05) is 54.0 Å². The molecule has 2 aromatic heterocycles. The monoisotopic (exact) mass is 531 g/mol. The van der Waals surface area contributed by atoms with E-state index >= 15 is 0 Å². The smallest absolute Gasteiger partial charge is 0.263 e. The molecule has 4 rings (SSSR count). The average Bonchev–Trinajstić information content (AvgIpc) is 3.56. The molecule has 0 spiro atoms. The molecule has 1 saturated carbocycles. The molecule has 1 N–H and O–H groups in total. The summed E-state index contributed by atoms with van der Waals surface area (Å²) in [7, 11) is 3.06. The van der Waals surface area contributed by atoms with Crippen molar-refractivity contribution in [2.24, 2.45) is 5.92 Å². The summed E-state index contributed by atoms with van der Waals surface area (Å²) in [5.74, 6) is 5.24. The summed E-state index contributed by atoms with van der Waals surface area (Å²) in [6.45, 7) is -0.313. The summed E-state index contributed by atoms with van der Waals surface area (Å²) in [4.78, 5) is 39.5. The standard InChI is InChI=1S/C24H20ClF2N5O3S/c1-31(2)21(34)12-32-11-17(15-9-14(22(26)27)6-7-18(15)25)16(10-20(32)33)23(35)28-24-30-29-19(36-24)8-5-13-3-4-13/h6-7,9-11,13,22H,3-4,12H2,1-2H3,(H,28,30,35). The van der Waals surface area contributed by atoms with Crippen molar-refractivity contribution >= 4 is 39.9 Å². The van der Waals surface area contributed by atoms with Crippen molar-refractivity contribution in [2.45, 2.75) is 25.8 Å². The summed E-state index contributed by atoms with van der Waals surface area (Å²) in [5, 5.41) is 11.1. The number of aromatic nitrogens is 3. The normalized spacial score (nSPS) is 12.7. The van der Waals surface area contributed by atoms with Crippen molar-refractivity contribution in [1.29, 1.82) is 0 Å². The number of carbonyl (C=O) groups excluding carboxylic acids is 2. The first-order valence-electron chi connectivity index (χ1n) is 10.8. The van der Waals surface area contributed by atoms with E-state index < -0.39 is 17.9 Å². The van der Waals surface area contributed by atoms with Gasteiger partial charge in [-0.05, 0) is 30.9 Å². The number of likely N-dealkylation sites (N-methyl/N-ethyl adjacent to an activating group) is 1. The van der Waals surface area contributed by atoms with E-state index in [9.17, 15) is 23.2 Å². The minimum absolute atomic E-state index is 0.0890. The largest absolute Gasteiger partial charge is 0.347 e. The van der Waals surface area contributed by atoms with Gasteiger partial charge in [-0.25, -0.2) is 8.78 Å². The molecule has 1 aliphatic carbocycles. The number of pyridine rings is 1. The Hall–Kier alpha value is -3.62. The Bertz CT molecular complexity index is 1450. The molecular formula is C24H20ClF2N5O3S. The highest BCUT2D eigenvalue weighted by atomic mass is 35.5. The Labute approximate surface area is 213 Å². The Balaban J connectivity index is 1.74. The predicted octanol–water partition coefficient (Wildman–Crippen LogP) is 4.06. The topological polar surface area (TPSA) is 97.2 Å². The van der Waals surface area contributed by atoms with E-state index in [2.05, 4.69) is 27.4 Å². The molecule has 1 aliphatic rings. The zero-order chi connectivity index (χ0) is 26.0. The van der Waals surface area contributed by atoms with Crippen LogP contribution in [0.2, 0.25) is 5.02 Å². The Kier molecular flexibility index (Phi) is 7.47. The third-order valence-corrected chi connectivity index (χ3v) is 6.40. The molecule has 3 aromatic rings. The molecule has 0 saturated heterocycles. The molecule has 36 heavy (non-hydrogen) atoms. The Morgan fingerprint density at radius 1 is 1.25 bits per heavy atom. The van der Waals surface area contributed by atoms with E-state index in [-0.39, 0.29) is 44.9 Å². The lowest BCUT2D eigenvalue weighted by atomic mass is 9.99. The highest BCUT2D eigenvalue weighted by molar-refractivity contribution is 7.15. The molecule has 2 heterocycles. The van der Waals surface area contributed by atoms with Crippen LogP contribution in [0.1, 0.15) is 40.2 Å². The highest BCUT2D eigenvalue weighted by Gasteiger charge is 2.22. The second-order valence-corrected chi connectivity index (χ2v) is 9.69. The fourth-order valence-electron chi connectivity index (χ4n) is 3.15. The quantitative estimate of drug-likeness (QED) is 0.484. The number of hydrogen-bond donors (Lipinski definition) is 1. The number of nitrogens with one attached hydrogen (secondary N) is 1. The van der Waals surface area contributed by atoms with Gasteiger partial charge in [0.2, 0.25) is 11.0 Å². The van der Waals surface area contributed by atoms with E-state index in [0.717, 1.165) is 40.9 Å². The lowest BCUT2D eigenvalue weighted by molar-refractivity contribution is -0.129. The number of amides is 2. The summed E-state index contributed by atoms with van der Waals surface area (Å²) in [6.07, 6.45) is 0.594. The van der Waals surface area contributed by atoms with Gasteiger partial charge in [-0.1, -0.05) is 34.9 Å². The number of alkyl halides is 2. The van der Waals surface area contributed by atoms with Crippen molar-refractivity contribution < 1.29 is 18.4 Å². The number of halogens is 3. The first-order chi connectivity index (χ1) is 17.1. The van der Waals surface area contributed by atoms with Gasteiger partial charge in [0.1, 0.15) is 6.54 Å². The van der Waals surface area contributed by atoms with Crippen molar-refractivity contribution in [2.75, 3.05) is 19.4 Å². The van der Waals surface area contributed by atoms with Gasteiger partial charge >= 0.3 is 0 Å². The first kappa shape index (κ1) is 25.5. The van der Waals surface area contributed by atoms with Gasteiger partial charge in [-0.3, -0.25) is 19.7 Å². The molecule has 1 aromatic carbocycles. The fraction of sp³-hybridized carbons (Fsp3) is 0.292. The van der Waals surface area contributed by atoms with Crippen LogP contribution < -0.4 is 10.9 Å². The zero-order valence-corrected chi connectivity index (χ0v) is 20.8. The van der Waals surface area contributed by atoms with Crippen LogP contribution in [0.4, 0.5) is 13.9 Å². The number of hydrogen-bond acceptors (Lipinski definition) is 6. The van der Waals surface area contributed by atoms with Crippen LogP contribution >= 0.6 is 22.9 Å². The molecule has 0 bridgehead atoms. The molecule has 0 aliphatic heterocycles. The van der Waals surface area contributed by atoms with E-state index in [4.69, 9.17) is 11.6 Å². The van der Waals surface area contributed by atoms with E-state index in [0.29, 0.717) is 10.9 Å². The first-order valence-corrected chi connectivity index (χ1v) is 12.0. The van der Waals surface area contributed by atoms with Crippen molar-refractivity contribution in [3.63, 3.8) is 0 Å². The summed E-state index contributed by atoms with van der Waals surface area (Å²) < 4.78 is 27.9. The Morgan fingerprint density at radius 3 is 2.67 bits per heavy atom. The van der Waals surface area contributed by atoms with E-state index in [1.54, 1.807) is 0 Å². The maximum Gasteiger partial charge on any atom is 0.263 e. The summed E-state index contributed by atoms with van der Waals surface area (Å²) in [6, 6.07) is 4.65. The van der Waals surface area contributed by atoms with E-state index in [1.165, 1.54) is 37.3 Å². The number of rotatable bonds is 6. The molecule has 186 valence electrons. The third-order valence-electron chi connectivity index (χ3n) is 5.31. The van der Waals surface area contributed by atoms with Crippen LogP contribution in [0, 0.1) is 17.8 Å². The molecular weight excluding hydrogens is 512 g/mol. The van der Waals surface area contributed by atoms with Gasteiger partial charge < -0.3 is 9.47 Å². The highest BCUT2D eigenvalue weighted by Crippen LogP contribution is 2.34. The summed E-state index contributed by atoms with van der Waals surface area (Å²) >= 11 is 7.38. The van der Waals surface area contributed by atoms with Crippen LogP contribution in [-0.2, 0) is 11.3 Å². The van der Waals surface area contributed by atoms with Gasteiger partial charge in [-0.15, -0.1) is 10.2 Å². The lowest BCUT2D eigenvalue weighted by Gasteiger charge is -2.16.